The van der Waals surface area contributed by atoms with E-state index in [0.29, 0.717) is 12.1 Å². The minimum absolute atomic E-state index is 0.117. The average molecular weight is 287 g/mol. The van der Waals surface area contributed by atoms with Gasteiger partial charge in [-0.1, -0.05) is 23.4 Å². The van der Waals surface area contributed by atoms with Gasteiger partial charge in [-0.2, -0.15) is 0 Å². The fraction of sp³-hybridized carbons (Fsp3) is 0.312. The Balaban J connectivity index is 2.04. The van der Waals surface area contributed by atoms with E-state index in [0.717, 1.165) is 17.1 Å². The van der Waals surface area contributed by atoms with Crippen molar-refractivity contribution in [2.75, 3.05) is 0 Å². The van der Waals surface area contributed by atoms with Crippen molar-refractivity contribution >= 4 is 5.84 Å². The minimum Gasteiger partial charge on any atom is -0.466 e. The van der Waals surface area contributed by atoms with Crippen LogP contribution in [0.2, 0.25) is 0 Å². The smallest absolute Gasteiger partial charge is 0.170 e. The Morgan fingerprint density at radius 3 is 2.76 bits per heavy atom. The Morgan fingerprint density at radius 2 is 2.14 bits per heavy atom. The van der Waals surface area contributed by atoms with Crippen LogP contribution in [0.15, 0.2) is 39.9 Å². The van der Waals surface area contributed by atoms with Crippen LogP contribution in [0.1, 0.15) is 41.2 Å². The Labute approximate surface area is 124 Å². The minimum atomic E-state index is 0.117. The summed E-state index contributed by atoms with van der Waals surface area (Å²) >= 11 is 0. The van der Waals surface area contributed by atoms with Crippen LogP contribution in [0.5, 0.6) is 0 Å². The maximum absolute atomic E-state index is 8.72. The Bertz CT molecular complexity index is 647. The number of aryl methyl sites for hydroxylation is 2. The number of benzene rings is 1. The number of hydrogen-bond donors (Lipinski definition) is 3. The average Bonchev–Trinajstić information content (AvgIpc) is 2.83. The fourth-order valence-corrected chi connectivity index (χ4v) is 2.36. The molecule has 5 nitrogen and oxygen atoms in total. The van der Waals surface area contributed by atoms with Crippen molar-refractivity contribution < 1.29 is 9.62 Å². The zero-order valence-electron chi connectivity index (χ0n) is 12.6. The summed E-state index contributed by atoms with van der Waals surface area (Å²) in [6.07, 6.45) is 0. The molecule has 2 aromatic rings. The Hall–Kier alpha value is -2.27. The molecule has 1 aromatic carbocycles. The van der Waals surface area contributed by atoms with E-state index < -0.39 is 0 Å². The molecule has 0 bridgehead atoms. The summed E-state index contributed by atoms with van der Waals surface area (Å²) in [5.74, 6) is 1.98. The Kier molecular flexibility index (Phi) is 4.65. The molecule has 0 aliphatic heterocycles. The first-order chi connectivity index (χ1) is 10.0. The van der Waals surface area contributed by atoms with Gasteiger partial charge in [0.2, 0.25) is 0 Å². The van der Waals surface area contributed by atoms with E-state index in [1.807, 2.05) is 38.1 Å². The summed E-state index contributed by atoms with van der Waals surface area (Å²) in [7, 11) is 0. The topological polar surface area (TPSA) is 83.8 Å². The molecule has 0 aliphatic rings. The first-order valence-corrected chi connectivity index (χ1v) is 6.88. The van der Waals surface area contributed by atoms with E-state index in [4.69, 9.17) is 15.4 Å². The highest BCUT2D eigenvalue weighted by Crippen LogP contribution is 2.21. The first-order valence-electron chi connectivity index (χ1n) is 6.88. The lowest BCUT2D eigenvalue weighted by Gasteiger charge is -2.13. The SMILES string of the molecule is Cc1cc(C(C)NCc2cccc(C(N)=NO)c2)c(C)o1. The van der Waals surface area contributed by atoms with Gasteiger partial charge in [0.1, 0.15) is 11.5 Å². The number of nitrogens with two attached hydrogens (primary N) is 1. The van der Waals surface area contributed by atoms with Crippen molar-refractivity contribution in [2.45, 2.75) is 33.4 Å². The molecule has 5 heteroatoms. The van der Waals surface area contributed by atoms with Gasteiger partial charge < -0.3 is 20.7 Å². The van der Waals surface area contributed by atoms with Gasteiger partial charge in [0, 0.05) is 23.7 Å². The molecule has 0 fully saturated rings. The molecule has 21 heavy (non-hydrogen) atoms. The third-order valence-corrected chi connectivity index (χ3v) is 3.49. The van der Waals surface area contributed by atoms with E-state index in [2.05, 4.69) is 23.5 Å². The van der Waals surface area contributed by atoms with E-state index in [1.54, 1.807) is 0 Å². The van der Waals surface area contributed by atoms with Crippen molar-refractivity contribution in [1.29, 1.82) is 0 Å². The number of oxime groups is 1. The number of nitrogens with zero attached hydrogens (tertiary/aromatic N) is 1. The highest BCUT2D eigenvalue weighted by molar-refractivity contribution is 5.97. The van der Waals surface area contributed by atoms with E-state index in [-0.39, 0.29) is 11.9 Å². The predicted molar refractivity (Wildman–Crippen MR) is 82.4 cm³/mol. The van der Waals surface area contributed by atoms with Gasteiger partial charge >= 0.3 is 0 Å². The van der Waals surface area contributed by atoms with Crippen LogP contribution >= 0.6 is 0 Å². The van der Waals surface area contributed by atoms with E-state index in [9.17, 15) is 0 Å². The third-order valence-electron chi connectivity index (χ3n) is 3.49. The lowest BCUT2D eigenvalue weighted by atomic mass is 10.1. The van der Waals surface area contributed by atoms with Crippen molar-refractivity contribution in [1.82, 2.24) is 5.32 Å². The molecule has 0 radical (unpaired) electrons. The molecule has 0 spiro atoms. The summed E-state index contributed by atoms with van der Waals surface area (Å²) in [4.78, 5) is 0. The molecule has 2 rings (SSSR count). The monoisotopic (exact) mass is 287 g/mol. The van der Waals surface area contributed by atoms with Gasteiger partial charge in [0.05, 0.1) is 0 Å². The van der Waals surface area contributed by atoms with Gasteiger partial charge in [-0.15, -0.1) is 0 Å². The summed E-state index contributed by atoms with van der Waals surface area (Å²) < 4.78 is 5.55. The maximum Gasteiger partial charge on any atom is 0.170 e. The predicted octanol–water partition coefficient (Wildman–Crippen LogP) is 2.84. The fourth-order valence-electron chi connectivity index (χ4n) is 2.36. The Morgan fingerprint density at radius 1 is 1.38 bits per heavy atom. The molecule has 0 amide bonds. The number of rotatable bonds is 5. The van der Waals surface area contributed by atoms with Crippen molar-refractivity contribution in [2.24, 2.45) is 10.9 Å². The van der Waals surface area contributed by atoms with Crippen LogP contribution < -0.4 is 11.1 Å². The molecule has 0 saturated carbocycles. The zero-order valence-corrected chi connectivity index (χ0v) is 12.6. The molecule has 1 heterocycles. The van der Waals surface area contributed by atoms with Crippen molar-refractivity contribution in [3.63, 3.8) is 0 Å². The van der Waals surface area contributed by atoms with Gasteiger partial charge in [0.15, 0.2) is 5.84 Å². The summed E-state index contributed by atoms with van der Waals surface area (Å²) in [5, 5.41) is 15.2. The molecule has 112 valence electrons. The largest absolute Gasteiger partial charge is 0.466 e. The molecule has 1 unspecified atom stereocenters. The number of hydrogen-bond acceptors (Lipinski definition) is 4. The molecular weight excluding hydrogens is 266 g/mol. The molecular formula is C16H21N3O2. The highest BCUT2D eigenvalue weighted by Gasteiger charge is 2.12. The standard InChI is InChI=1S/C16H21N3O2/c1-10-7-15(12(3)21-10)11(2)18-9-13-5-4-6-14(8-13)16(17)19-20/h4-8,11,18,20H,9H2,1-3H3,(H2,17,19). The van der Waals surface area contributed by atoms with Crippen LogP contribution in [0.4, 0.5) is 0 Å². The number of amidine groups is 1. The summed E-state index contributed by atoms with van der Waals surface area (Å²) in [6, 6.07) is 9.85. The zero-order chi connectivity index (χ0) is 15.4. The van der Waals surface area contributed by atoms with E-state index >= 15 is 0 Å². The van der Waals surface area contributed by atoms with Gasteiger partial charge in [-0.05, 0) is 38.5 Å². The lowest BCUT2D eigenvalue weighted by molar-refractivity contribution is 0.318. The second kappa shape index (κ2) is 6.45. The second-order valence-electron chi connectivity index (χ2n) is 5.16. The third kappa shape index (κ3) is 3.64. The molecule has 4 N–H and O–H groups in total. The van der Waals surface area contributed by atoms with Crippen LogP contribution in [0.3, 0.4) is 0 Å². The molecule has 0 saturated heterocycles. The van der Waals surface area contributed by atoms with Gasteiger partial charge in [-0.25, -0.2) is 0 Å². The van der Waals surface area contributed by atoms with E-state index in [1.165, 1.54) is 5.56 Å². The van der Waals surface area contributed by atoms with Crippen LogP contribution in [-0.4, -0.2) is 11.0 Å². The second-order valence-corrected chi connectivity index (χ2v) is 5.16. The summed E-state index contributed by atoms with van der Waals surface area (Å²) in [6.45, 7) is 6.71. The maximum atomic E-state index is 8.72. The quantitative estimate of drug-likeness (QED) is 0.342. The first kappa shape index (κ1) is 15.1. The molecule has 1 aromatic heterocycles. The normalized spacial score (nSPS) is 13.4. The lowest BCUT2D eigenvalue weighted by Crippen LogP contribution is -2.19. The number of nitrogens with one attached hydrogen (secondary N) is 1. The molecule has 1 atom stereocenters. The van der Waals surface area contributed by atoms with Crippen LogP contribution in [0.25, 0.3) is 0 Å². The molecule has 0 aliphatic carbocycles. The number of furan rings is 1. The van der Waals surface area contributed by atoms with Crippen LogP contribution in [-0.2, 0) is 6.54 Å². The summed E-state index contributed by atoms with van der Waals surface area (Å²) in [5.41, 5.74) is 8.55. The van der Waals surface area contributed by atoms with Gasteiger partial charge in [-0.3, -0.25) is 0 Å². The van der Waals surface area contributed by atoms with Crippen LogP contribution in [0, 0.1) is 13.8 Å². The highest BCUT2D eigenvalue weighted by atomic mass is 16.4. The van der Waals surface area contributed by atoms with Crippen molar-refractivity contribution in [3.05, 3.63) is 58.5 Å². The van der Waals surface area contributed by atoms with Gasteiger partial charge in [0.25, 0.3) is 0 Å². The van der Waals surface area contributed by atoms with Crippen molar-refractivity contribution in [3.8, 4) is 0 Å².